The van der Waals surface area contributed by atoms with E-state index in [-0.39, 0.29) is 0 Å². The number of halogens is 23. The summed E-state index contributed by atoms with van der Waals surface area (Å²) in [7, 11) is 0. The molecular formula is C16H7F23O6. The molecule has 0 aromatic heterocycles. The van der Waals surface area contributed by atoms with E-state index >= 15 is 0 Å². The van der Waals surface area contributed by atoms with Crippen LogP contribution in [-0.2, 0) is 23.7 Å². The third-order valence-electron chi connectivity index (χ3n) is 4.20. The molecule has 0 spiro atoms. The van der Waals surface area contributed by atoms with E-state index in [2.05, 4.69) is 11.3 Å². The van der Waals surface area contributed by atoms with Gasteiger partial charge in [0, 0.05) is 12.0 Å². The summed E-state index contributed by atoms with van der Waals surface area (Å²) in [5.74, 6) is -18.6. The van der Waals surface area contributed by atoms with Crippen molar-refractivity contribution in [3.63, 3.8) is 0 Å². The van der Waals surface area contributed by atoms with Crippen LogP contribution in [0.1, 0.15) is 12.8 Å². The molecule has 0 heterocycles. The van der Waals surface area contributed by atoms with Gasteiger partial charge in [0.05, 0.1) is 0 Å². The average Bonchev–Trinajstić information content (AvgIpc) is 2.73. The Hall–Kier alpha value is -2.56. The molecule has 268 valence electrons. The molecule has 45 heavy (non-hydrogen) atoms. The fourth-order valence-electron chi connectivity index (χ4n) is 1.91. The van der Waals surface area contributed by atoms with Crippen LogP contribution in [0.2, 0.25) is 0 Å². The lowest BCUT2D eigenvalue weighted by molar-refractivity contribution is -0.583. The summed E-state index contributed by atoms with van der Waals surface area (Å²) in [6.45, 7) is 2.55. The van der Waals surface area contributed by atoms with Gasteiger partial charge in [-0.05, 0) is 6.42 Å². The number of carbonyl (C=O) groups is 1. The second-order valence-electron chi connectivity index (χ2n) is 7.72. The molecule has 0 unspecified atom stereocenters. The predicted octanol–water partition coefficient (Wildman–Crippen LogP) is 8.05. The third-order valence-corrected chi connectivity index (χ3v) is 4.20. The molecule has 0 atom stereocenters. The maximum atomic E-state index is 13.4. The molecule has 0 radical (unpaired) electrons. The first-order chi connectivity index (χ1) is 19.2. The molecule has 0 fully saturated rings. The highest BCUT2D eigenvalue weighted by molar-refractivity contribution is 5.85. The number of rotatable bonds is 17. The lowest BCUT2D eigenvalue weighted by Crippen LogP contribution is -2.65. The summed E-state index contributed by atoms with van der Waals surface area (Å²) >= 11 is 0. The van der Waals surface area contributed by atoms with E-state index in [4.69, 9.17) is 5.11 Å². The van der Waals surface area contributed by atoms with Crippen molar-refractivity contribution in [2.45, 2.75) is 79.7 Å². The highest BCUT2D eigenvalue weighted by Crippen LogP contribution is 2.57. The lowest BCUT2D eigenvalue weighted by atomic mass is 10.1. The van der Waals surface area contributed by atoms with Gasteiger partial charge in [-0.15, -0.1) is 0 Å². The zero-order chi connectivity index (χ0) is 36.9. The molecule has 0 amide bonds. The highest BCUT2D eigenvalue weighted by Gasteiger charge is 2.86. The Kier molecular flexibility index (Phi) is 11.2. The summed E-state index contributed by atoms with van der Waals surface area (Å²) < 4.78 is 306. The van der Waals surface area contributed by atoms with E-state index in [0.29, 0.717) is 0 Å². The Morgan fingerprint density at radius 3 is 1.00 bits per heavy atom. The van der Waals surface area contributed by atoms with E-state index < -0.39 is 91.3 Å². The topological polar surface area (TPSA) is 74.2 Å². The number of carboxylic acids is 1. The number of carboxylic acid groups (broad SMARTS) is 1. The lowest BCUT2D eigenvalue weighted by Gasteiger charge is -2.37. The monoisotopic (exact) mass is 732 g/mol. The fraction of sp³-hybridized carbons (Fsp3) is 0.812. The molecule has 0 aromatic carbocycles. The molecule has 0 aliphatic rings. The molecule has 0 aliphatic carbocycles. The van der Waals surface area contributed by atoms with Crippen molar-refractivity contribution in [3.8, 4) is 0 Å². The van der Waals surface area contributed by atoms with Gasteiger partial charge in [-0.25, -0.2) is 23.7 Å². The summed E-state index contributed by atoms with van der Waals surface area (Å²) in [6, 6.07) is 0. The Morgan fingerprint density at radius 2 is 0.733 bits per heavy atom. The van der Waals surface area contributed by atoms with Crippen LogP contribution in [-0.4, -0.2) is 78.0 Å². The maximum absolute atomic E-state index is 13.4. The first-order valence-electron chi connectivity index (χ1n) is 9.72. The van der Waals surface area contributed by atoms with E-state index in [0.717, 1.165) is 4.74 Å². The molecule has 0 aromatic rings. The number of alkyl halides is 23. The number of hydrogen-bond acceptors (Lipinski definition) is 5. The van der Waals surface area contributed by atoms with Crippen molar-refractivity contribution in [1.82, 2.24) is 0 Å². The molecule has 6 nitrogen and oxygen atoms in total. The van der Waals surface area contributed by atoms with Crippen molar-refractivity contribution in [1.29, 1.82) is 0 Å². The van der Waals surface area contributed by atoms with Gasteiger partial charge in [0.25, 0.3) is 0 Å². The normalized spacial score (nSPS) is 15.8. The summed E-state index contributed by atoms with van der Waals surface area (Å²) in [6.07, 6.45) is -73.0. The number of hydrogen-bond donors (Lipinski definition) is 1. The van der Waals surface area contributed by atoms with Gasteiger partial charge in [-0.1, -0.05) is 6.58 Å². The fourth-order valence-corrected chi connectivity index (χ4v) is 1.91. The van der Waals surface area contributed by atoms with Gasteiger partial charge in [0.1, 0.15) is 0 Å². The van der Waals surface area contributed by atoms with Crippen LogP contribution >= 0.6 is 0 Å². The van der Waals surface area contributed by atoms with Gasteiger partial charge >= 0.3 is 72.9 Å². The molecule has 29 heteroatoms. The van der Waals surface area contributed by atoms with Crippen LogP contribution in [0.15, 0.2) is 12.2 Å². The Labute approximate surface area is 229 Å². The van der Waals surface area contributed by atoms with Gasteiger partial charge < -0.3 is 5.11 Å². The van der Waals surface area contributed by atoms with Gasteiger partial charge in [0.2, 0.25) is 0 Å². The van der Waals surface area contributed by atoms with Crippen molar-refractivity contribution >= 4 is 5.97 Å². The van der Waals surface area contributed by atoms with Crippen molar-refractivity contribution < 1.29 is 130 Å². The van der Waals surface area contributed by atoms with Gasteiger partial charge in [-0.2, -0.15) is 101 Å². The maximum Gasteiger partial charge on any atom is 0.460 e. The second kappa shape index (κ2) is 11.9. The zero-order valence-electron chi connectivity index (χ0n) is 19.8. The molecule has 0 bridgehead atoms. The summed E-state index contributed by atoms with van der Waals surface area (Å²) in [4.78, 5) is 10.4. The van der Waals surface area contributed by atoms with Gasteiger partial charge in [0.15, 0.2) is 0 Å². The first kappa shape index (κ1) is 42.4. The average molecular weight is 732 g/mol. The SMILES string of the molecule is C=C(CCC(F)(F)OC(F)(F)C(F)(F)OC(F)(F)C(F)(F)OC(F)(F)C(F)(F)OC(F)(F)C(F)(F)C(F)(F)C(F)(F)F)C(=O)O. The van der Waals surface area contributed by atoms with Crippen LogP contribution < -0.4 is 0 Å². The smallest absolute Gasteiger partial charge is 0.460 e. The van der Waals surface area contributed by atoms with E-state index in [1.54, 1.807) is 0 Å². The van der Waals surface area contributed by atoms with Gasteiger partial charge in [-0.3, -0.25) is 0 Å². The van der Waals surface area contributed by atoms with Crippen LogP contribution in [0, 0.1) is 0 Å². The minimum Gasteiger partial charge on any atom is -0.478 e. The predicted molar refractivity (Wildman–Crippen MR) is 85.9 cm³/mol. The molecule has 0 saturated heterocycles. The first-order valence-corrected chi connectivity index (χ1v) is 9.72. The molecular weight excluding hydrogens is 725 g/mol. The van der Waals surface area contributed by atoms with E-state index in [1.807, 2.05) is 0 Å². The number of ether oxygens (including phenoxy) is 4. The van der Waals surface area contributed by atoms with Crippen molar-refractivity contribution in [2.75, 3.05) is 0 Å². The molecule has 0 saturated carbocycles. The van der Waals surface area contributed by atoms with E-state index in [1.165, 1.54) is 9.47 Å². The summed E-state index contributed by atoms with van der Waals surface area (Å²) in [5, 5.41) is 8.34. The van der Waals surface area contributed by atoms with Crippen molar-refractivity contribution in [2.24, 2.45) is 0 Å². The molecule has 0 rings (SSSR count). The Bertz CT molecular complexity index is 1080. The third kappa shape index (κ3) is 8.83. The van der Waals surface area contributed by atoms with Crippen LogP contribution in [0.5, 0.6) is 0 Å². The quantitative estimate of drug-likeness (QED) is 0.121. The standard InChI is InChI=1S/C16H7F23O6/c1-4(5(40)41)2-3-6(17,18)42-11(28,29)12(30,31)44-15(36,37)16(38,39)45-14(34,35)13(32,33)43-10(26,27)8(21,22)7(19,20)9(23,24)25/h1-3H2,(H,40,41). The minimum absolute atomic E-state index is 1.05. The zero-order valence-corrected chi connectivity index (χ0v) is 19.8. The number of aliphatic carboxylic acids is 1. The Balaban J connectivity index is 6.17. The van der Waals surface area contributed by atoms with Crippen LogP contribution in [0.25, 0.3) is 0 Å². The van der Waals surface area contributed by atoms with Crippen LogP contribution in [0.4, 0.5) is 101 Å². The van der Waals surface area contributed by atoms with Crippen molar-refractivity contribution in [3.05, 3.63) is 12.2 Å². The second-order valence-corrected chi connectivity index (χ2v) is 7.72. The largest absolute Gasteiger partial charge is 0.478 e. The minimum atomic E-state index is -8.36. The van der Waals surface area contributed by atoms with E-state index in [9.17, 15) is 106 Å². The Morgan fingerprint density at radius 1 is 0.467 bits per heavy atom. The highest BCUT2D eigenvalue weighted by atomic mass is 19.4. The molecule has 0 aliphatic heterocycles. The van der Waals surface area contributed by atoms with Crippen LogP contribution in [0.3, 0.4) is 0 Å². The summed E-state index contributed by atoms with van der Waals surface area (Å²) in [5.41, 5.74) is -1.26. The molecule has 1 N–H and O–H groups in total.